The van der Waals surface area contributed by atoms with Crippen LogP contribution in [0.15, 0.2) is 4.79 Å². The molecule has 1 amide bonds. The zero-order valence-electron chi connectivity index (χ0n) is 6.64. The Morgan fingerprint density at radius 2 is 2.21 bits per heavy atom. The first kappa shape index (κ1) is 9.64. The molecule has 0 bridgehead atoms. The molecule has 9 nitrogen and oxygen atoms in total. The van der Waals surface area contributed by atoms with E-state index in [-0.39, 0.29) is 5.95 Å². The molecule has 0 atom stereocenters. The molecule has 1 aromatic rings. The monoisotopic (exact) mass is 199 g/mol. The van der Waals surface area contributed by atoms with Gasteiger partial charge in [-0.15, -0.1) is 10.2 Å². The van der Waals surface area contributed by atoms with E-state index in [1.165, 1.54) is 0 Å². The highest BCUT2D eigenvalue weighted by Crippen LogP contribution is 1.88. The van der Waals surface area contributed by atoms with Gasteiger partial charge in [-0.25, -0.2) is 4.79 Å². The number of carboxylic acids is 1. The lowest BCUT2D eigenvalue weighted by Gasteiger charge is -2.00. The molecule has 0 aliphatic rings. The van der Waals surface area contributed by atoms with Gasteiger partial charge in [-0.05, 0) is 0 Å². The number of hydrogen-bond acceptors (Lipinski definition) is 6. The van der Waals surface area contributed by atoms with Crippen molar-refractivity contribution in [3.8, 4) is 0 Å². The van der Waals surface area contributed by atoms with Crippen molar-refractivity contribution in [2.45, 2.75) is 0 Å². The van der Waals surface area contributed by atoms with Crippen LogP contribution in [0.3, 0.4) is 0 Å². The molecule has 9 heteroatoms. The van der Waals surface area contributed by atoms with Crippen molar-refractivity contribution in [3.63, 3.8) is 0 Å². The standard InChI is InChI=1S/C5H5N5O4/c11-1-6-9-5-7-3(12)2(4(13)14)8-10-5/h1H,(H,6,11)(H,13,14)(H2,7,9,10,12). The van der Waals surface area contributed by atoms with E-state index in [1.54, 1.807) is 0 Å². The number of carboxylic acid groups (broad SMARTS) is 1. The number of aromatic nitrogens is 3. The zero-order valence-corrected chi connectivity index (χ0v) is 6.64. The van der Waals surface area contributed by atoms with Crippen LogP contribution >= 0.6 is 0 Å². The second kappa shape index (κ2) is 3.98. The first-order chi connectivity index (χ1) is 6.65. The summed E-state index contributed by atoms with van der Waals surface area (Å²) in [6, 6.07) is 0. The van der Waals surface area contributed by atoms with Gasteiger partial charge in [-0.3, -0.25) is 25.4 Å². The smallest absolute Gasteiger partial charge is 0.362 e. The average Bonchev–Trinajstić information content (AvgIpc) is 2.14. The highest BCUT2D eigenvalue weighted by molar-refractivity contribution is 5.84. The highest BCUT2D eigenvalue weighted by Gasteiger charge is 2.11. The molecule has 0 saturated heterocycles. The van der Waals surface area contributed by atoms with Crippen LogP contribution in [0.4, 0.5) is 5.95 Å². The molecule has 14 heavy (non-hydrogen) atoms. The molecule has 0 aliphatic carbocycles. The number of nitrogens with one attached hydrogen (secondary N) is 3. The molecular weight excluding hydrogens is 194 g/mol. The highest BCUT2D eigenvalue weighted by atomic mass is 16.4. The lowest BCUT2D eigenvalue weighted by Crippen LogP contribution is -2.27. The number of aromatic carboxylic acids is 1. The normalized spacial score (nSPS) is 9.14. The molecule has 1 aromatic heterocycles. The molecule has 0 aliphatic heterocycles. The van der Waals surface area contributed by atoms with Crippen molar-refractivity contribution in [3.05, 3.63) is 16.0 Å². The number of aromatic amines is 1. The van der Waals surface area contributed by atoms with E-state index >= 15 is 0 Å². The molecule has 1 rings (SSSR count). The summed E-state index contributed by atoms with van der Waals surface area (Å²) in [5.74, 6) is -1.64. The number of carbonyl (C=O) groups is 2. The van der Waals surface area contributed by atoms with Crippen molar-refractivity contribution >= 4 is 18.3 Å². The topological polar surface area (TPSA) is 137 Å². The second-order valence-corrected chi connectivity index (χ2v) is 2.04. The van der Waals surface area contributed by atoms with Crippen LogP contribution in [-0.2, 0) is 4.79 Å². The Labute approximate surface area is 76.1 Å². The Hall–Kier alpha value is -2.45. The van der Waals surface area contributed by atoms with Crippen LogP contribution in [0.2, 0.25) is 0 Å². The summed E-state index contributed by atoms with van der Waals surface area (Å²) >= 11 is 0. The summed E-state index contributed by atoms with van der Waals surface area (Å²) in [5, 5.41) is 14.8. The number of H-pyrrole nitrogens is 1. The third-order valence-electron chi connectivity index (χ3n) is 1.15. The number of nitrogens with zero attached hydrogens (tertiary/aromatic N) is 2. The van der Waals surface area contributed by atoms with Crippen LogP contribution < -0.4 is 16.4 Å². The quantitative estimate of drug-likeness (QED) is 0.323. The van der Waals surface area contributed by atoms with Gasteiger partial charge < -0.3 is 5.11 Å². The number of carbonyl (C=O) groups excluding carboxylic acids is 1. The van der Waals surface area contributed by atoms with Crippen molar-refractivity contribution in [1.29, 1.82) is 0 Å². The summed E-state index contributed by atoms with van der Waals surface area (Å²) in [6.45, 7) is 0. The van der Waals surface area contributed by atoms with Crippen molar-refractivity contribution < 1.29 is 14.7 Å². The van der Waals surface area contributed by atoms with Crippen LogP contribution in [-0.4, -0.2) is 32.7 Å². The number of anilines is 1. The average molecular weight is 199 g/mol. The van der Waals surface area contributed by atoms with Crippen molar-refractivity contribution in [2.24, 2.45) is 0 Å². The molecule has 0 radical (unpaired) electrons. The molecule has 4 N–H and O–H groups in total. The second-order valence-electron chi connectivity index (χ2n) is 2.04. The minimum absolute atomic E-state index is 0.160. The maximum absolute atomic E-state index is 10.9. The molecule has 74 valence electrons. The summed E-state index contributed by atoms with van der Waals surface area (Å²) < 4.78 is 0. The first-order valence-electron chi connectivity index (χ1n) is 3.30. The summed E-state index contributed by atoms with van der Waals surface area (Å²) in [5.41, 5.74) is 2.52. The molecule has 0 saturated carbocycles. The third-order valence-corrected chi connectivity index (χ3v) is 1.15. The van der Waals surface area contributed by atoms with Gasteiger partial charge in [0.25, 0.3) is 5.56 Å². The van der Waals surface area contributed by atoms with Crippen LogP contribution in [0.1, 0.15) is 10.5 Å². The summed E-state index contributed by atoms with van der Waals surface area (Å²) in [4.78, 5) is 33.2. The van der Waals surface area contributed by atoms with Crippen LogP contribution in [0.5, 0.6) is 0 Å². The number of rotatable bonds is 4. The molecular formula is C5H5N5O4. The van der Waals surface area contributed by atoms with Gasteiger partial charge in [-0.1, -0.05) is 0 Å². The Morgan fingerprint density at radius 1 is 1.50 bits per heavy atom. The van der Waals surface area contributed by atoms with Gasteiger partial charge in [0.05, 0.1) is 0 Å². The molecule has 0 fully saturated rings. The van der Waals surface area contributed by atoms with Crippen LogP contribution in [0.25, 0.3) is 0 Å². The minimum Gasteiger partial charge on any atom is -0.476 e. The Morgan fingerprint density at radius 3 is 2.71 bits per heavy atom. The van der Waals surface area contributed by atoms with Crippen LogP contribution in [0, 0.1) is 0 Å². The molecule has 0 spiro atoms. The van der Waals surface area contributed by atoms with Gasteiger partial charge in [0.2, 0.25) is 18.1 Å². The van der Waals surface area contributed by atoms with E-state index in [4.69, 9.17) is 5.11 Å². The van der Waals surface area contributed by atoms with Gasteiger partial charge >= 0.3 is 5.97 Å². The Kier molecular flexibility index (Phi) is 2.74. The Balaban J connectivity index is 2.95. The fourth-order valence-electron chi connectivity index (χ4n) is 0.631. The molecule has 0 aromatic carbocycles. The van der Waals surface area contributed by atoms with E-state index in [1.807, 2.05) is 10.4 Å². The predicted molar refractivity (Wildman–Crippen MR) is 42.4 cm³/mol. The largest absolute Gasteiger partial charge is 0.476 e. The third kappa shape index (κ3) is 2.03. The van der Waals surface area contributed by atoms with E-state index in [9.17, 15) is 14.4 Å². The van der Waals surface area contributed by atoms with Gasteiger partial charge in [-0.2, -0.15) is 0 Å². The lowest BCUT2D eigenvalue weighted by molar-refractivity contribution is -0.109. The van der Waals surface area contributed by atoms with Crippen molar-refractivity contribution in [1.82, 2.24) is 20.6 Å². The Bertz CT molecular complexity index is 413. The maximum Gasteiger partial charge on any atom is 0.362 e. The van der Waals surface area contributed by atoms with E-state index in [0.29, 0.717) is 6.41 Å². The van der Waals surface area contributed by atoms with Crippen molar-refractivity contribution in [2.75, 3.05) is 5.43 Å². The number of hydrazine groups is 1. The zero-order chi connectivity index (χ0) is 10.6. The fraction of sp³-hybridized carbons (Fsp3) is 0. The van der Waals surface area contributed by atoms with E-state index in [0.717, 1.165) is 0 Å². The molecule has 1 heterocycles. The molecule has 0 unspecified atom stereocenters. The maximum atomic E-state index is 10.9. The van der Waals surface area contributed by atoms with Gasteiger partial charge in [0.15, 0.2) is 0 Å². The SMILES string of the molecule is O=CNNc1nnc(C(=O)O)c(=O)[nH]1. The van der Waals surface area contributed by atoms with E-state index < -0.39 is 17.2 Å². The predicted octanol–water partition coefficient (Wildman–Crippen LogP) is -2.06. The fourth-order valence-corrected chi connectivity index (χ4v) is 0.631. The van der Waals surface area contributed by atoms with E-state index in [2.05, 4.69) is 15.6 Å². The van der Waals surface area contributed by atoms with Gasteiger partial charge in [0.1, 0.15) is 0 Å². The summed E-state index contributed by atoms with van der Waals surface area (Å²) in [7, 11) is 0. The number of amides is 1. The summed E-state index contributed by atoms with van der Waals surface area (Å²) in [6.07, 6.45) is 0.311. The first-order valence-corrected chi connectivity index (χ1v) is 3.30. The minimum atomic E-state index is -1.48. The lowest BCUT2D eigenvalue weighted by atomic mass is 10.5. The number of hydrogen-bond donors (Lipinski definition) is 4. The van der Waals surface area contributed by atoms with Gasteiger partial charge in [0, 0.05) is 0 Å².